The number of carbonyl (C=O) groups is 1. The van der Waals surface area contributed by atoms with Crippen molar-refractivity contribution < 1.29 is 14.8 Å². The zero-order valence-electron chi connectivity index (χ0n) is 12.1. The van der Waals surface area contributed by atoms with Crippen LogP contribution in [-0.2, 0) is 18.3 Å². The van der Waals surface area contributed by atoms with Gasteiger partial charge in [-0.25, -0.2) is 4.68 Å². The lowest BCUT2D eigenvalue weighted by molar-refractivity contribution is -0.384. The molecule has 0 fully saturated rings. The summed E-state index contributed by atoms with van der Waals surface area (Å²) in [5.41, 5.74) is -0.477. The van der Waals surface area contributed by atoms with Crippen LogP contribution >= 0.6 is 0 Å². The lowest BCUT2D eigenvalue weighted by atomic mass is 10.0. The van der Waals surface area contributed by atoms with Gasteiger partial charge in [0.15, 0.2) is 0 Å². The Kier molecular flexibility index (Phi) is 4.69. The molecule has 0 aliphatic heterocycles. The fraction of sp³-hybridized carbons (Fsp3) is 0.667. The van der Waals surface area contributed by atoms with Crippen LogP contribution in [0.15, 0.2) is 0 Å². The third kappa shape index (κ3) is 3.69. The Morgan fingerprint density at radius 2 is 2.15 bits per heavy atom. The summed E-state index contributed by atoms with van der Waals surface area (Å²) in [6, 6.07) is 0. The van der Waals surface area contributed by atoms with Gasteiger partial charge in [0, 0.05) is 12.6 Å². The molecule has 8 heteroatoms. The fourth-order valence-electron chi connectivity index (χ4n) is 2.05. The summed E-state index contributed by atoms with van der Waals surface area (Å²) in [7, 11) is 1.60. The van der Waals surface area contributed by atoms with Crippen LogP contribution in [0.4, 0.5) is 11.5 Å². The zero-order valence-corrected chi connectivity index (χ0v) is 12.1. The van der Waals surface area contributed by atoms with Crippen LogP contribution in [0, 0.1) is 10.1 Å². The predicted molar refractivity (Wildman–Crippen MR) is 73.8 cm³/mol. The second-order valence-electron chi connectivity index (χ2n) is 5.35. The van der Waals surface area contributed by atoms with Crippen LogP contribution in [0.1, 0.15) is 39.3 Å². The van der Waals surface area contributed by atoms with E-state index in [9.17, 15) is 14.9 Å². The van der Waals surface area contributed by atoms with E-state index in [-0.39, 0.29) is 17.9 Å². The molecule has 8 nitrogen and oxygen atoms in total. The van der Waals surface area contributed by atoms with Crippen LogP contribution in [0.2, 0.25) is 0 Å². The minimum Gasteiger partial charge on any atom is -0.481 e. The first kappa shape index (κ1) is 15.9. The predicted octanol–water partition coefficient (Wildman–Crippen LogP) is 1.95. The average Bonchev–Trinajstić information content (AvgIpc) is 2.53. The number of aromatic nitrogens is 2. The van der Waals surface area contributed by atoms with Gasteiger partial charge >= 0.3 is 11.7 Å². The molecule has 0 saturated heterocycles. The number of hydrogen-bond donors (Lipinski definition) is 2. The standard InChI is InChI=1S/C12H20N4O4/c1-5-6-8-10(16(19)20)11(15(4)14-8)13-12(2,3)7-9(17)18/h13H,5-7H2,1-4H3,(H,17,18). The molecule has 0 saturated carbocycles. The topological polar surface area (TPSA) is 110 Å². The number of carboxylic acids is 1. The van der Waals surface area contributed by atoms with Gasteiger partial charge in [0.25, 0.3) is 0 Å². The number of carboxylic acid groups (broad SMARTS) is 1. The maximum Gasteiger partial charge on any atom is 0.334 e. The zero-order chi connectivity index (χ0) is 15.5. The average molecular weight is 284 g/mol. The summed E-state index contributed by atoms with van der Waals surface area (Å²) >= 11 is 0. The van der Waals surface area contributed by atoms with Gasteiger partial charge in [0.1, 0.15) is 5.69 Å². The van der Waals surface area contributed by atoms with Crippen molar-refractivity contribution in [2.75, 3.05) is 5.32 Å². The van der Waals surface area contributed by atoms with Crippen molar-refractivity contribution in [1.29, 1.82) is 0 Å². The molecule has 0 bridgehead atoms. The first-order valence-electron chi connectivity index (χ1n) is 6.38. The maximum absolute atomic E-state index is 11.2. The molecular weight excluding hydrogens is 264 g/mol. The number of anilines is 1. The number of nitrogens with one attached hydrogen (secondary N) is 1. The van der Waals surface area contributed by atoms with E-state index in [4.69, 9.17) is 5.11 Å². The van der Waals surface area contributed by atoms with E-state index in [0.29, 0.717) is 12.1 Å². The van der Waals surface area contributed by atoms with Gasteiger partial charge < -0.3 is 10.4 Å². The largest absolute Gasteiger partial charge is 0.481 e. The number of aliphatic carboxylic acids is 1. The highest BCUT2D eigenvalue weighted by Gasteiger charge is 2.31. The molecule has 0 radical (unpaired) electrons. The summed E-state index contributed by atoms with van der Waals surface area (Å²) in [4.78, 5) is 21.6. The van der Waals surface area contributed by atoms with Gasteiger partial charge in [-0.1, -0.05) is 13.3 Å². The molecular formula is C12H20N4O4. The quantitative estimate of drug-likeness (QED) is 0.585. The molecule has 0 aliphatic rings. The highest BCUT2D eigenvalue weighted by atomic mass is 16.6. The van der Waals surface area contributed by atoms with E-state index < -0.39 is 16.4 Å². The molecule has 2 N–H and O–H groups in total. The van der Waals surface area contributed by atoms with Gasteiger partial charge in [0.05, 0.1) is 11.3 Å². The van der Waals surface area contributed by atoms with E-state index in [1.54, 1.807) is 20.9 Å². The Morgan fingerprint density at radius 3 is 2.60 bits per heavy atom. The lowest BCUT2D eigenvalue weighted by Crippen LogP contribution is -2.34. The maximum atomic E-state index is 11.2. The van der Waals surface area contributed by atoms with Gasteiger partial charge in [-0.2, -0.15) is 5.10 Å². The SMILES string of the molecule is CCCc1nn(C)c(NC(C)(C)CC(=O)O)c1[N+](=O)[O-]. The molecule has 1 heterocycles. The highest BCUT2D eigenvalue weighted by molar-refractivity contribution is 5.70. The summed E-state index contributed by atoms with van der Waals surface area (Å²) in [5, 5.41) is 27.2. The summed E-state index contributed by atoms with van der Waals surface area (Å²) in [6.45, 7) is 5.27. The van der Waals surface area contributed by atoms with Crippen molar-refractivity contribution in [3.05, 3.63) is 15.8 Å². The second kappa shape index (κ2) is 5.89. The Morgan fingerprint density at radius 1 is 1.55 bits per heavy atom. The Bertz CT molecular complexity index is 522. The van der Waals surface area contributed by atoms with Crippen LogP contribution in [0.5, 0.6) is 0 Å². The Balaban J connectivity index is 3.17. The van der Waals surface area contributed by atoms with E-state index in [1.807, 2.05) is 6.92 Å². The van der Waals surface area contributed by atoms with Gasteiger partial charge in [0.2, 0.25) is 5.82 Å². The summed E-state index contributed by atoms with van der Waals surface area (Å²) in [5.74, 6) is -0.731. The van der Waals surface area contributed by atoms with Crippen LogP contribution < -0.4 is 5.32 Å². The molecule has 20 heavy (non-hydrogen) atoms. The minimum atomic E-state index is -0.971. The normalized spacial score (nSPS) is 11.4. The fourth-order valence-corrected chi connectivity index (χ4v) is 2.05. The van der Waals surface area contributed by atoms with E-state index >= 15 is 0 Å². The summed E-state index contributed by atoms with van der Waals surface area (Å²) in [6.07, 6.45) is 1.10. The Hall–Kier alpha value is -2.12. The third-order valence-electron chi connectivity index (χ3n) is 2.81. The smallest absolute Gasteiger partial charge is 0.334 e. The van der Waals surface area contributed by atoms with Crippen LogP contribution in [-0.4, -0.2) is 31.3 Å². The van der Waals surface area contributed by atoms with Crippen LogP contribution in [0.3, 0.4) is 0 Å². The van der Waals surface area contributed by atoms with Crippen molar-refractivity contribution in [3.63, 3.8) is 0 Å². The van der Waals surface area contributed by atoms with Crippen LogP contribution in [0.25, 0.3) is 0 Å². The van der Waals surface area contributed by atoms with Crippen molar-refractivity contribution in [2.24, 2.45) is 7.05 Å². The Labute approximate surface area is 116 Å². The third-order valence-corrected chi connectivity index (χ3v) is 2.81. The molecule has 112 valence electrons. The molecule has 1 aromatic rings. The number of hydrogen-bond acceptors (Lipinski definition) is 5. The van der Waals surface area contributed by atoms with E-state index in [2.05, 4.69) is 10.4 Å². The van der Waals surface area contributed by atoms with E-state index in [0.717, 1.165) is 6.42 Å². The molecule has 0 atom stereocenters. The van der Waals surface area contributed by atoms with Crippen molar-refractivity contribution in [1.82, 2.24) is 9.78 Å². The van der Waals surface area contributed by atoms with Gasteiger partial charge in [-0.05, 0) is 20.3 Å². The molecule has 0 spiro atoms. The first-order chi connectivity index (χ1) is 9.18. The number of nitrogens with zero attached hydrogens (tertiary/aromatic N) is 3. The minimum absolute atomic E-state index is 0.0761. The highest BCUT2D eigenvalue weighted by Crippen LogP contribution is 2.31. The molecule has 0 aliphatic carbocycles. The van der Waals surface area contributed by atoms with Gasteiger partial charge in [-0.3, -0.25) is 14.9 Å². The number of nitro groups is 1. The second-order valence-corrected chi connectivity index (χ2v) is 5.35. The van der Waals surface area contributed by atoms with Crippen molar-refractivity contribution in [2.45, 2.75) is 45.6 Å². The van der Waals surface area contributed by atoms with Crippen molar-refractivity contribution in [3.8, 4) is 0 Å². The van der Waals surface area contributed by atoms with Gasteiger partial charge in [-0.15, -0.1) is 0 Å². The lowest BCUT2D eigenvalue weighted by Gasteiger charge is -2.24. The monoisotopic (exact) mass is 284 g/mol. The summed E-state index contributed by atoms with van der Waals surface area (Å²) < 4.78 is 1.40. The molecule has 0 unspecified atom stereocenters. The van der Waals surface area contributed by atoms with E-state index in [1.165, 1.54) is 4.68 Å². The molecule has 1 rings (SSSR count). The molecule has 1 aromatic heterocycles. The molecule has 0 amide bonds. The first-order valence-corrected chi connectivity index (χ1v) is 6.38. The number of aryl methyl sites for hydroxylation is 2. The molecule has 0 aromatic carbocycles. The van der Waals surface area contributed by atoms with Crippen molar-refractivity contribution >= 4 is 17.5 Å². The number of rotatable bonds is 7.